The first-order valence-electron chi connectivity index (χ1n) is 6.59. The Morgan fingerprint density at radius 2 is 2.15 bits per heavy atom. The third-order valence-corrected chi connectivity index (χ3v) is 3.21. The number of hydrogen-bond donors (Lipinski definition) is 2. The lowest BCUT2D eigenvalue weighted by atomic mass is 10.00. The third kappa shape index (κ3) is 2.59. The molecule has 2 heterocycles. The fraction of sp³-hybridized carbons (Fsp3) is 0.667. The Morgan fingerprint density at radius 3 is 2.80 bits per heavy atom. The van der Waals surface area contributed by atoms with Crippen LogP contribution in [0.3, 0.4) is 0 Å². The number of carbonyl (C=O) groups is 1. The number of ether oxygens (including phenoxy) is 1. The summed E-state index contributed by atoms with van der Waals surface area (Å²) >= 11 is 0. The van der Waals surface area contributed by atoms with E-state index in [9.17, 15) is 4.79 Å². The molecule has 1 aromatic heterocycles. The minimum absolute atomic E-state index is 0.0480. The highest BCUT2D eigenvalue weighted by Gasteiger charge is 2.39. The lowest BCUT2D eigenvalue weighted by Gasteiger charge is -2.41. The molecule has 110 valence electrons. The highest BCUT2D eigenvalue weighted by Crippen LogP contribution is 2.24. The van der Waals surface area contributed by atoms with Crippen molar-refractivity contribution in [1.82, 2.24) is 20.3 Å². The first-order valence-corrected chi connectivity index (χ1v) is 6.59. The predicted molar refractivity (Wildman–Crippen MR) is 75.0 cm³/mol. The van der Waals surface area contributed by atoms with Gasteiger partial charge in [-0.05, 0) is 20.8 Å². The Labute approximate surface area is 118 Å². The first kappa shape index (κ1) is 14.3. The van der Waals surface area contributed by atoms with E-state index in [0.29, 0.717) is 31.5 Å². The van der Waals surface area contributed by atoms with Crippen LogP contribution in [0.5, 0.6) is 6.01 Å². The molecular weight excluding hydrogens is 260 g/mol. The van der Waals surface area contributed by atoms with Crippen molar-refractivity contribution in [2.45, 2.75) is 26.3 Å². The van der Waals surface area contributed by atoms with Crippen molar-refractivity contribution < 1.29 is 9.53 Å². The van der Waals surface area contributed by atoms with Crippen LogP contribution in [-0.4, -0.2) is 53.1 Å². The van der Waals surface area contributed by atoms with Gasteiger partial charge in [-0.2, -0.15) is 15.0 Å². The number of nitrogens with zero attached hydrogens (tertiary/aromatic N) is 4. The maximum absolute atomic E-state index is 12.0. The SMILES string of the molecule is CCNc1nc(OC)nc(N2CCNC(=O)C2(C)C)n1. The van der Waals surface area contributed by atoms with Gasteiger partial charge in [-0.15, -0.1) is 0 Å². The van der Waals surface area contributed by atoms with Gasteiger partial charge in [-0.25, -0.2) is 0 Å². The van der Waals surface area contributed by atoms with Gasteiger partial charge in [-0.3, -0.25) is 4.79 Å². The normalized spacial score (nSPS) is 17.6. The molecule has 1 aliphatic rings. The number of methoxy groups -OCH3 is 1. The van der Waals surface area contributed by atoms with E-state index < -0.39 is 5.54 Å². The molecule has 1 amide bonds. The van der Waals surface area contributed by atoms with Crippen LogP contribution in [0.1, 0.15) is 20.8 Å². The fourth-order valence-corrected chi connectivity index (χ4v) is 2.04. The van der Waals surface area contributed by atoms with Gasteiger partial charge in [0.2, 0.25) is 17.8 Å². The van der Waals surface area contributed by atoms with Crippen LogP contribution in [0.2, 0.25) is 0 Å². The summed E-state index contributed by atoms with van der Waals surface area (Å²) in [6, 6.07) is 0.229. The Balaban J connectivity index is 2.40. The van der Waals surface area contributed by atoms with E-state index in [2.05, 4.69) is 25.6 Å². The summed E-state index contributed by atoms with van der Waals surface area (Å²) in [5.74, 6) is 0.830. The van der Waals surface area contributed by atoms with Crippen LogP contribution in [0.25, 0.3) is 0 Å². The maximum atomic E-state index is 12.0. The molecule has 0 bridgehead atoms. The van der Waals surface area contributed by atoms with Crippen LogP contribution in [0.4, 0.5) is 11.9 Å². The van der Waals surface area contributed by atoms with Gasteiger partial charge in [0.15, 0.2) is 0 Å². The number of piperazine rings is 1. The standard InChI is InChI=1S/C12H20N6O2/c1-5-13-9-15-10(17-11(16-9)20-4)18-7-6-14-8(19)12(18,2)3/h5-7H2,1-4H3,(H,14,19)(H,13,15,16,17). The molecule has 0 aromatic carbocycles. The number of nitrogens with one attached hydrogen (secondary N) is 2. The van der Waals surface area contributed by atoms with E-state index in [-0.39, 0.29) is 11.9 Å². The zero-order valence-corrected chi connectivity index (χ0v) is 12.2. The summed E-state index contributed by atoms with van der Waals surface area (Å²) in [6.07, 6.45) is 0. The van der Waals surface area contributed by atoms with Crippen molar-refractivity contribution in [1.29, 1.82) is 0 Å². The largest absolute Gasteiger partial charge is 0.467 e. The van der Waals surface area contributed by atoms with E-state index in [1.165, 1.54) is 7.11 Å². The number of aromatic nitrogens is 3. The summed E-state index contributed by atoms with van der Waals surface area (Å²) in [4.78, 5) is 26.6. The van der Waals surface area contributed by atoms with Gasteiger partial charge in [0.1, 0.15) is 5.54 Å². The Bertz CT molecular complexity index is 505. The van der Waals surface area contributed by atoms with Crippen molar-refractivity contribution in [3.63, 3.8) is 0 Å². The Kier molecular flexibility index (Phi) is 3.91. The van der Waals surface area contributed by atoms with Gasteiger partial charge >= 0.3 is 6.01 Å². The first-order chi connectivity index (χ1) is 9.48. The number of amides is 1. The van der Waals surface area contributed by atoms with Crippen LogP contribution in [0.15, 0.2) is 0 Å². The molecule has 0 radical (unpaired) electrons. The highest BCUT2D eigenvalue weighted by molar-refractivity contribution is 5.89. The quantitative estimate of drug-likeness (QED) is 0.803. The van der Waals surface area contributed by atoms with E-state index in [1.54, 1.807) is 0 Å². The molecule has 0 unspecified atom stereocenters. The van der Waals surface area contributed by atoms with E-state index >= 15 is 0 Å². The fourth-order valence-electron chi connectivity index (χ4n) is 2.04. The number of rotatable bonds is 4. The lowest BCUT2D eigenvalue weighted by Crippen LogP contribution is -2.62. The van der Waals surface area contributed by atoms with Crippen molar-refractivity contribution >= 4 is 17.8 Å². The number of hydrogen-bond acceptors (Lipinski definition) is 7. The van der Waals surface area contributed by atoms with Gasteiger partial charge in [0.25, 0.3) is 0 Å². The van der Waals surface area contributed by atoms with Crippen LogP contribution in [-0.2, 0) is 4.79 Å². The summed E-state index contributed by atoms with van der Waals surface area (Å²) in [5.41, 5.74) is -0.714. The Hall–Kier alpha value is -2.12. The second-order valence-electron chi connectivity index (χ2n) is 4.94. The topological polar surface area (TPSA) is 92.3 Å². The molecule has 0 spiro atoms. The molecule has 20 heavy (non-hydrogen) atoms. The van der Waals surface area contributed by atoms with Gasteiger partial charge in [-0.1, -0.05) is 0 Å². The second kappa shape index (κ2) is 5.48. The maximum Gasteiger partial charge on any atom is 0.322 e. The molecule has 1 aromatic rings. The van der Waals surface area contributed by atoms with E-state index in [4.69, 9.17) is 4.74 Å². The molecule has 8 nitrogen and oxygen atoms in total. The van der Waals surface area contributed by atoms with Gasteiger partial charge < -0.3 is 20.3 Å². The average Bonchev–Trinajstić information content (AvgIpc) is 2.41. The monoisotopic (exact) mass is 280 g/mol. The summed E-state index contributed by atoms with van der Waals surface area (Å²) in [6.45, 7) is 7.52. The molecule has 1 saturated heterocycles. The molecular formula is C12H20N6O2. The van der Waals surface area contributed by atoms with E-state index in [1.807, 2.05) is 25.7 Å². The molecule has 0 aliphatic carbocycles. The molecule has 0 atom stereocenters. The Morgan fingerprint density at radius 1 is 1.40 bits per heavy atom. The minimum Gasteiger partial charge on any atom is -0.467 e. The molecule has 1 aliphatic heterocycles. The molecule has 2 rings (SSSR count). The van der Waals surface area contributed by atoms with Crippen LogP contribution >= 0.6 is 0 Å². The lowest BCUT2D eigenvalue weighted by molar-refractivity contribution is -0.126. The number of carbonyl (C=O) groups excluding carboxylic acids is 1. The highest BCUT2D eigenvalue weighted by atomic mass is 16.5. The van der Waals surface area contributed by atoms with Crippen molar-refractivity contribution in [2.24, 2.45) is 0 Å². The molecule has 8 heteroatoms. The van der Waals surface area contributed by atoms with Crippen LogP contribution < -0.4 is 20.3 Å². The molecule has 0 saturated carbocycles. The van der Waals surface area contributed by atoms with Crippen molar-refractivity contribution in [3.05, 3.63) is 0 Å². The summed E-state index contributed by atoms with van der Waals surface area (Å²) in [7, 11) is 1.50. The summed E-state index contributed by atoms with van der Waals surface area (Å²) in [5, 5.41) is 5.87. The van der Waals surface area contributed by atoms with Gasteiger partial charge in [0, 0.05) is 19.6 Å². The average molecular weight is 280 g/mol. The second-order valence-corrected chi connectivity index (χ2v) is 4.94. The van der Waals surface area contributed by atoms with Gasteiger partial charge in [0.05, 0.1) is 7.11 Å². The van der Waals surface area contributed by atoms with Crippen LogP contribution in [0, 0.1) is 0 Å². The number of anilines is 2. The molecule has 1 fully saturated rings. The van der Waals surface area contributed by atoms with Crippen molar-refractivity contribution in [2.75, 3.05) is 37.0 Å². The van der Waals surface area contributed by atoms with Crippen molar-refractivity contribution in [3.8, 4) is 6.01 Å². The predicted octanol–water partition coefficient (Wildman–Crippen LogP) is 0.0268. The summed E-state index contributed by atoms with van der Waals surface area (Å²) < 4.78 is 5.10. The zero-order valence-electron chi connectivity index (χ0n) is 12.2. The molecule has 2 N–H and O–H groups in total. The smallest absolute Gasteiger partial charge is 0.322 e. The van der Waals surface area contributed by atoms with E-state index in [0.717, 1.165) is 0 Å². The third-order valence-electron chi connectivity index (χ3n) is 3.21. The zero-order chi connectivity index (χ0) is 14.8. The minimum atomic E-state index is -0.714.